The Bertz CT molecular complexity index is 1110. The predicted octanol–water partition coefficient (Wildman–Crippen LogP) is 3.94. The fourth-order valence-electron chi connectivity index (χ4n) is 3.03. The smallest absolute Gasteiger partial charge is 0.272 e. The molecule has 2 aromatic heterocycles. The van der Waals surface area contributed by atoms with Crippen LogP contribution in [0.15, 0.2) is 73.1 Å². The normalized spacial score (nSPS) is 10.8. The number of ether oxygens (including phenoxy) is 1. The Morgan fingerprint density at radius 1 is 1.03 bits per heavy atom. The van der Waals surface area contributed by atoms with E-state index in [1.165, 1.54) is 0 Å². The van der Waals surface area contributed by atoms with Crippen LogP contribution in [0.3, 0.4) is 0 Å². The zero-order valence-electron chi connectivity index (χ0n) is 15.6. The van der Waals surface area contributed by atoms with Crippen molar-refractivity contribution in [1.82, 2.24) is 20.1 Å². The van der Waals surface area contributed by atoms with Crippen molar-refractivity contribution in [2.75, 3.05) is 13.2 Å². The van der Waals surface area contributed by atoms with E-state index in [0.29, 0.717) is 36.2 Å². The molecule has 1 N–H and O–H groups in total. The Balaban J connectivity index is 1.46. The summed E-state index contributed by atoms with van der Waals surface area (Å²) in [7, 11) is 0. The first-order valence-electron chi connectivity index (χ1n) is 9.22. The first-order chi connectivity index (χ1) is 14.2. The molecule has 0 spiro atoms. The Morgan fingerprint density at radius 3 is 2.59 bits per heavy atom. The molecule has 2 aromatic carbocycles. The minimum atomic E-state index is -0.227. The molecule has 0 atom stereocenters. The summed E-state index contributed by atoms with van der Waals surface area (Å²) in [4.78, 5) is 16.7. The van der Waals surface area contributed by atoms with Crippen molar-refractivity contribution in [2.45, 2.75) is 6.54 Å². The van der Waals surface area contributed by atoms with E-state index in [-0.39, 0.29) is 5.91 Å². The van der Waals surface area contributed by atoms with Gasteiger partial charge in [-0.1, -0.05) is 41.9 Å². The molecule has 4 rings (SSSR count). The number of pyridine rings is 1. The van der Waals surface area contributed by atoms with E-state index in [1.807, 2.05) is 53.2 Å². The Hall–Kier alpha value is -3.38. The highest BCUT2D eigenvalue weighted by Crippen LogP contribution is 2.20. The number of aromatic nitrogens is 3. The van der Waals surface area contributed by atoms with E-state index in [9.17, 15) is 4.79 Å². The van der Waals surface area contributed by atoms with Gasteiger partial charge >= 0.3 is 0 Å². The molecule has 0 bridgehead atoms. The standard InChI is InChI=1S/C22H19ClN4O2/c23-17-7-5-16(6-8-17)15-27-20-4-2-1-3-19(20)21(26-27)22(28)25-13-14-29-18-9-11-24-12-10-18/h1-12H,13-15H2,(H,25,28). The fourth-order valence-corrected chi connectivity index (χ4v) is 3.16. The van der Waals surface area contributed by atoms with Gasteiger partial charge in [0.25, 0.3) is 5.91 Å². The molecule has 2 heterocycles. The minimum absolute atomic E-state index is 0.227. The van der Waals surface area contributed by atoms with Crippen LogP contribution in [0.5, 0.6) is 5.75 Å². The molecule has 0 aliphatic heterocycles. The lowest BCUT2D eigenvalue weighted by molar-refractivity contribution is 0.0942. The number of carbonyl (C=O) groups is 1. The van der Waals surface area contributed by atoms with Gasteiger partial charge in [0.15, 0.2) is 5.69 Å². The second-order valence-electron chi connectivity index (χ2n) is 6.44. The van der Waals surface area contributed by atoms with Gasteiger partial charge in [-0.3, -0.25) is 14.5 Å². The summed E-state index contributed by atoms with van der Waals surface area (Å²) >= 11 is 5.97. The molecule has 0 radical (unpaired) electrons. The van der Waals surface area contributed by atoms with Crippen molar-refractivity contribution in [1.29, 1.82) is 0 Å². The van der Waals surface area contributed by atoms with Crippen LogP contribution in [0.25, 0.3) is 10.9 Å². The third kappa shape index (κ3) is 4.55. The molecule has 29 heavy (non-hydrogen) atoms. The molecular formula is C22H19ClN4O2. The summed E-state index contributed by atoms with van der Waals surface area (Å²) in [5.41, 5.74) is 2.36. The van der Waals surface area contributed by atoms with Crippen molar-refractivity contribution in [3.05, 3.63) is 89.3 Å². The van der Waals surface area contributed by atoms with E-state index >= 15 is 0 Å². The van der Waals surface area contributed by atoms with Gasteiger partial charge in [0.05, 0.1) is 18.6 Å². The van der Waals surface area contributed by atoms with E-state index in [4.69, 9.17) is 16.3 Å². The van der Waals surface area contributed by atoms with Gasteiger partial charge in [0.2, 0.25) is 0 Å². The van der Waals surface area contributed by atoms with Gasteiger partial charge in [-0.05, 0) is 35.9 Å². The summed E-state index contributed by atoms with van der Waals surface area (Å²) < 4.78 is 7.42. The summed E-state index contributed by atoms with van der Waals surface area (Å²) in [6, 6.07) is 18.8. The van der Waals surface area contributed by atoms with Crippen molar-refractivity contribution in [2.24, 2.45) is 0 Å². The zero-order chi connectivity index (χ0) is 20.1. The first-order valence-corrected chi connectivity index (χ1v) is 9.59. The molecule has 4 aromatic rings. The predicted molar refractivity (Wildman–Crippen MR) is 112 cm³/mol. The number of hydrogen-bond acceptors (Lipinski definition) is 4. The van der Waals surface area contributed by atoms with Crippen LogP contribution < -0.4 is 10.1 Å². The molecule has 0 saturated heterocycles. The lowest BCUT2D eigenvalue weighted by atomic mass is 10.2. The monoisotopic (exact) mass is 406 g/mol. The zero-order valence-corrected chi connectivity index (χ0v) is 16.3. The van der Waals surface area contributed by atoms with Gasteiger partial charge in [0, 0.05) is 22.8 Å². The number of halogens is 1. The Labute approximate surface area is 173 Å². The summed E-state index contributed by atoms with van der Waals surface area (Å²) in [5.74, 6) is 0.487. The number of amides is 1. The van der Waals surface area contributed by atoms with Crippen LogP contribution in [-0.2, 0) is 6.54 Å². The van der Waals surface area contributed by atoms with Crippen molar-refractivity contribution in [3.8, 4) is 5.75 Å². The lowest BCUT2D eigenvalue weighted by Gasteiger charge is -2.06. The molecule has 7 heteroatoms. The quantitative estimate of drug-likeness (QED) is 0.472. The van der Waals surface area contributed by atoms with Gasteiger partial charge in [-0.25, -0.2) is 0 Å². The lowest BCUT2D eigenvalue weighted by Crippen LogP contribution is -2.28. The van der Waals surface area contributed by atoms with Crippen LogP contribution in [0.2, 0.25) is 5.02 Å². The topological polar surface area (TPSA) is 69.0 Å². The number of carbonyl (C=O) groups excluding carboxylic acids is 1. The fraction of sp³-hybridized carbons (Fsp3) is 0.136. The molecule has 1 amide bonds. The second-order valence-corrected chi connectivity index (χ2v) is 6.87. The molecule has 0 unspecified atom stereocenters. The molecule has 0 saturated carbocycles. The van der Waals surface area contributed by atoms with E-state index < -0.39 is 0 Å². The first kappa shape index (κ1) is 19.0. The number of hydrogen-bond donors (Lipinski definition) is 1. The van der Waals surface area contributed by atoms with Gasteiger partial charge in [-0.15, -0.1) is 0 Å². The number of nitrogens with zero attached hydrogens (tertiary/aromatic N) is 3. The number of para-hydroxylation sites is 1. The van der Waals surface area contributed by atoms with Crippen LogP contribution >= 0.6 is 11.6 Å². The largest absolute Gasteiger partial charge is 0.492 e. The van der Waals surface area contributed by atoms with E-state index in [1.54, 1.807) is 24.5 Å². The molecule has 146 valence electrons. The van der Waals surface area contributed by atoms with Crippen LogP contribution in [0.4, 0.5) is 0 Å². The highest BCUT2D eigenvalue weighted by atomic mass is 35.5. The summed E-state index contributed by atoms with van der Waals surface area (Å²) in [6.45, 7) is 1.29. The number of fused-ring (bicyclic) bond motifs is 1. The maximum absolute atomic E-state index is 12.7. The highest BCUT2D eigenvalue weighted by molar-refractivity contribution is 6.30. The number of nitrogens with one attached hydrogen (secondary N) is 1. The summed E-state index contributed by atoms with van der Waals surface area (Å²) in [6.07, 6.45) is 3.32. The van der Waals surface area contributed by atoms with Crippen LogP contribution in [0.1, 0.15) is 16.1 Å². The van der Waals surface area contributed by atoms with Crippen LogP contribution in [0, 0.1) is 0 Å². The van der Waals surface area contributed by atoms with Crippen LogP contribution in [-0.4, -0.2) is 33.8 Å². The minimum Gasteiger partial charge on any atom is -0.492 e. The third-order valence-corrected chi connectivity index (χ3v) is 4.68. The van der Waals surface area contributed by atoms with Gasteiger partial charge in [0.1, 0.15) is 12.4 Å². The maximum Gasteiger partial charge on any atom is 0.272 e. The molecule has 6 nitrogen and oxygen atoms in total. The maximum atomic E-state index is 12.7. The Kier molecular flexibility index (Phi) is 5.72. The number of benzene rings is 2. The summed E-state index contributed by atoms with van der Waals surface area (Å²) in [5, 5.41) is 8.94. The molecule has 0 aliphatic carbocycles. The average molecular weight is 407 g/mol. The van der Waals surface area contributed by atoms with Crippen molar-refractivity contribution in [3.63, 3.8) is 0 Å². The average Bonchev–Trinajstić information content (AvgIpc) is 3.12. The Morgan fingerprint density at radius 2 is 1.79 bits per heavy atom. The molecule has 0 fully saturated rings. The second kappa shape index (κ2) is 8.75. The highest BCUT2D eigenvalue weighted by Gasteiger charge is 2.16. The van der Waals surface area contributed by atoms with Crippen molar-refractivity contribution >= 4 is 28.4 Å². The molecular weight excluding hydrogens is 388 g/mol. The van der Waals surface area contributed by atoms with E-state index in [0.717, 1.165) is 16.5 Å². The van der Waals surface area contributed by atoms with Gasteiger partial charge in [-0.2, -0.15) is 5.10 Å². The molecule has 0 aliphatic rings. The SMILES string of the molecule is O=C(NCCOc1ccncc1)c1nn(Cc2ccc(Cl)cc2)c2ccccc12. The third-order valence-electron chi connectivity index (χ3n) is 4.42. The van der Waals surface area contributed by atoms with E-state index in [2.05, 4.69) is 15.4 Å². The van der Waals surface area contributed by atoms with Crippen molar-refractivity contribution < 1.29 is 9.53 Å². The van der Waals surface area contributed by atoms with Gasteiger partial charge < -0.3 is 10.1 Å². The number of rotatable bonds is 7.